The first-order chi connectivity index (χ1) is 10.7. The molecule has 0 aliphatic rings. The van der Waals surface area contributed by atoms with Crippen LogP contribution in [0.1, 0.15) is 15.9 Å². The van der Waals surface area contributed by atoms with E-state index in [0.29, 0.717) is 12.1 Å². The molecule has 22 heavy (non-hydrogen) atoms. The lowest BCUT2D eigenvalue weighted by Gasteiger charge is -2.08. The highest BCUT2D eigenvalue weighted by Gasteiger charge is 2.13. The van der Waals surface area contributed by atoms with Crippen molar-refractivity contribution >= 4 is 23.6 Å². The molecule has 1 amide bonds. The summed E-state index contributed by atoms with van der Waals surface area (Å²) in [5.74, 6) is -0.807. The molecule has 0 fully saturated rings. The van der Waals surface area contributed by atoms with Crippen LogP contribution >= 0.6 is 11.8 Å². The summed E-state index contributed by atoms with van der Waals surface area (Å²) >= 11 is 1.46. The zero-order valence-corrected chi connectivity index (χ0v) is 13.1. The topological polar surface area (TPSA) is 55.4 Å². The Balaban J connectivity index is 1.82. The summed E-state index contributed by atoms with van der Waals surface area (Å²) in [7, 11) is 0. The molecule has 0 saturated carbocycles. The first-order valence-corrected chi connectivity index (χ1v) is 8.04. The molecule has 2 aromatic carbocycles. The summed E-state index contributed by atoms with van der Waals surface area (Å²) in [5, 5.41) is 2.71. The second-order valence-electron chi connectivity index (χ2n) is 4.54. The summed E-state index contributed by atoms with van der Waals surface area (Å²) < 4.78 is 5.06. The van der Waals surface area contributed by atoms with Crippen LogP contribution in [0.25, 0.3) is 0 Å². The Labute approximate surface area is 133 Å². The minimum absolute atomic E-state index is 0.283. The average Bonchev–Trinajstić information content (AvgIpc) is 2.58. The Kier molecular flexibility index (Phi) is 6.03. The molecule has 0 aliphatic carbocycles. The summed E-state index contributed by atoms with van der Waals surface area (Å²) in [6.45, 7) is 0.132. The molecule has 114 valence electrons. The predicted octanol–water partition coefficient (Wildman–Crippen LogP) is 2.88. The van der Waals surface area contributed by atoms with Gasteiger partial charge in [0, 0.05) is 11.4 Å². The quantitative estimate of drug-likeness (QED) is 0.658. The van der Waals surface area contributed by atoms with Gasteiger partial charge in [-0.2, -0.15) is 0 Å². The number of carbonyl (C=O) groups excluding carboxylic acids is 2. The summed E-state index contributed by atoms with van der Waals surface area (Å²) in [5.41, 5.74) is 1.47. The average molecular weight is 315 g/mol. The molecule has 0 bridgehead atoms. The van der Waals surface area contributed by atoms with Crippen molar-refractivity contribution in [2.75, 3.05) is 12.9 Å². The zero-order chi connectivity index (χ0) is 15.8. The first-order valence-electron chi connectivity index (χ1n) is 6.81. The predicted molar refractivity (Wildman–Crippen MR) is 86.8 cm³/mol. The minimum Gasteiger partial charge on any atom is -0.452 e. The van der Waals surface area contributed by atoms with Crippen LogP contribution in [0.15, 0.2) is 59.5 Å². The fraction of sp³-hybridized carbons (Fsp3) is 0.176. The molecule has 0 heterocycles. The number of benzene rings is 2. The van der Waals surface area contributed by atoms with Gasteiger partial charge in [0.1, 0.15) is 0 Å². The van der Waals surface area contributed by atoms with E-state index in [1.807, 2.05) is 48.7 Å². The third-order valence-electron chi connectivity index (χ3n) is 2.99. The van der Waals surface area contributed by atoms with Crippen LogP contribution in [-0.4, -0.2) is 24.7 Å². The molecule has 5 heteroatoms. The lowest BCUT2D eigenvalue weighted by Crippen LogP contribution is -2.28. The lowest BCUT2D eigenvalue weighted by molar-refractivity contribution is -0.124. The van der Waals surface area contributed by atoms with Gasteiger partial charge in [0.25, 0.3) is 5.91 Å². The van der Waals surface area contributed by atoms with Crippen LogP contribution in [0.2, 0.25) is 0 Å². The van der Waals surface area contributed by atoms with Gasteiger partial charge in [0.05, 0.1) is 5.56 Å². The molecule has 0 aliphatic heterocycles. The molecular formula is C17H17NO3S. The van der Waals surface area contributed by atoms with E-state index in [9.17, 15) is 9.59 Å². The Morgan fingerprint density at radius 2 is 1.73 bits per heavy atom. The van der Waals surface area contributed by atoms with E-state index in [-0.39, 0.29) is 12.5 Å². The van der Waals surface area contributed by atoms with E-state index < -0.39 is 5.97 Å². The Morgan fingerprint density at radius 3 is 2.45 bits per heavy atom. The largest absolute Gasteiger partial charge is 0.452 e. The molecule has 1 N–H and O–H groups in total. The molecule has 0 spiro atoms. The third-order valence-corrected chi connectivity index (χ3v) is 3.79. The van der Waals surface area contributed by atoms with E-state index >= 15 is 0 Å². The van der Waals surface area contributed by atoms with Gasteiger partial charge in [0.15, 0.2) is 6.61 Å². The fourth-order valence-electron chi connectivity index (χ4n) is 1.87. The number of thioether (sulfide) groups is 1. The normalized spacial score (nSPS) is 10.0. The van der Waals surface area contributed by atoms with E-state index in [4.69, 9.17) is 4.74 Å². The highest BCUT2D eigenvalue weighted by Crippen LogP contribution is 2.20. The number of esters is 1. The molecule has 4 nitrogen and oxygen atoms in total. The maximum absolute atomic E-state index is 12.0. The van der Waals surface area contributed by atoms with Gasteiger partial charge >= 0.3 is 5.97 Å². The van der Waals surface area contributed by atoms with Crippen LogP contribution in [0.4, 0.5) is 0 Å². The maximum Gasteiger partial charge on any atom is 0.339 e. The molecule has 0 unspecified atom stereocenters. The molecule has 2 aromatic rings. The number of hydrogen-bond acceptors (Lipinski definition) is 4. The molecule has 0 saturated heterocycles. The van der Waals surface area contributed by atoms with E-state index in [1.54, 1.807) is 12.1 Å². The highest BCUT2D eigenvalue weighted by atomic mass is 32.2. The van der Waals surface area contributed by atoms with Crippen LogP contribution in [-0.2, 0) is 16.1 Å². The van der Waals surface area contributed by atoms with Gasteiger partial charge < -0.3 is 10.1 Å². The second-order valence-corrected chi connectivity index (χ2v) is 5.39. The monoisotopic (exact) mass is 315 g/mol. The van der Waals surface area contributed by atoms with Crippen LogP contribution < -0.4 is 5.32 Å². The Hall–Kier alpha value is -2.27. The van der Waals surface area contributed by atoms with Crippen molar-refractivity contribution in [3.63, 3.8) is 0 Å². The van der Waals surface area contributed by atoms with Crippen molar-refractivity contribution in [1.82, 2.24) is 5.32 Å². The van der Waals surface area contributed by atoms with Gasteiger partial charge in [-0.1, -0.05) is 42.5 Å². The first kappa shape index (κ1) is 16.1. The SMILES string of the molecule is CSc1ccccc1C(=O)OCC(=O)NCc1ccccc1. The van der Waals surface area contributed by atoms with E-state index in [0.717, 1.165) is 10.5 Å². The van der Waals surface area contributed by atoms with E-state index in [1.165, 1.54) is 11.8 Å². The van der Waals surface area contributed by atoms with Crippen molar-refractivity contribution in [3.05, 3.63) is 65.7 Å². The number of hydrogen-bond donors (Lipinski definition) is 1. The maximum atomic E-state index is 12.0. The third kappa shape index (κ3) is 4.63. The summed E-state index contributed by atoms with van der Waals surface area (Å²) in [6, 6.07) is 16.7. The minimum atomic E-state index is -0.486. The standard InChI is InChI=1S/C17H17NO3S/c1-22-15-10-6-5-9-14(15)17(20)21-12-16(19)18-11-13-7-3-2-4-8-13/h2-10H,11-12H2,1H3,(H,18,19). The molecule has 2 rings (SSSR count). The number of carbonyl (C=O) groups is 2. The summed E-state index contributed by atoms with van der Waals surface area (Å²) in [4.78, 5) is 24.5. The van der Waals surface area contributed by atoms with Crippen molar-refractivity contribution in [3.8, 4) is 0 Å². The molecule has 0 aromatic heterocycles. The van der Waals surface area contributed by atoms with Gasteiger partial charge in [0.2, 0.25) is 0 Å². The summed E-state index contributed by atoms with van der Waals surface area (Å²) in [6.07, 6.45) is 1.89. The van der Waals surface area contributed by atoms with Crippen molar-refractivity contribution in [2.45, 2.75) is 11.4 Å². The van der Waals surface area contributed by atoms with Crippen molar-refractivity contribution < 1.29 is 14.3 Å². The van der Waals surface area contributed by atoms with E-state index in [2.05, 4.69) is 5.32 Å². The molecular weight excluding hydrogens is 298 g/mol. The molecule has 0 atom stereocenters. The number of ether oxygens (including phenoxy) is 1. The van der Waals surface area contributed by atoms with Gasteiger partial charge in [-0.25, -0.2) is 4.79 Å². The van der Waals surface area contributed by atoms with Crippen molar-refractivity contribution in [2.24, 2.45) is 0 Å². The Bertz CT molecular complexity index is 643. The smallest absolute Gasteiger partial charge is 0.339 e. The number of rotatable bonds is 6. The fourth-order valence-corrected chi connectivity index (χ4v) is 2.46. The van der Waals surface area contributed by atoms with Crippen LogP contribution in [0, 0.1) is 0 Å². The lowest BCUT2D eigenvalue weighted by atomic mass is 10.2. The van der Waals surface area contributed by atoms with Gasteiger partial charge in [-0.15, -0.1) is 11.8 Å². The van der Waals surface area contributed by atoms with Gasteiger partial charge in [-0.05, 0) is 24.0 Å². The Morgan fingerprint density at radius 1 is 1.05 bits per heavy atom. The van der Waals surface area contributed by atoms with Crippen LogP contribution in [0.3, 0.4) is 0 Å². The second kappa shape index (κ2) is 8.24. The highest BCUT2D eigenvalue weighted by molar-refractivity contribution is 7.98. The van der Waals surface area contributed by atoms with Crippen LogP contribution in [0.5, 0.6) is 0 Å². The number of amides is 1. The number of nitrogens with one attached hydrogen (secondary N) is 1. The van der Waals surface area contributed by atoms with Gasteiger partial charge in [-0.3, -0.25) is 4.79 Å². The zero-order valence-electron chi connectivity index (χ0n) is 12.2. The van der Waals surface area contributed by atoms with Crippen molar-refractivity contribution in [1.29, 1.82) is 0 Å². The molecule has 0 radical (unpaired) electrons.